The zero-order valence-electron chi connectivity index (χ0n) is 40.4. The topological polar surface area (TPSA) is 20.8 Å². The minimum atomic E-state index is -0.250. The molecule has 65 heavy (non-hydrogen) atoms. The second-order valence-corrected chi connectivity index (χ2v) is 23.0. The summed E-state index contributed by atoms with van der Waals surface area (Å²) in [6.45, 7) is 28.2. The van der Waals surface area contributed by atoms with E-state index in [-0.39, 0.29) is 28.4 Å². The molecule has 5 heterocycles. The standard InChI is InChI=1S/C60H59BN3O/c1-34-17-16-19-41-40-18-14-15-20-46(40)64-49-27-35(21-24-48(49)62(13)56(64)53(34)41)36-28-50-54-52(29-36)65-51-26-23-38(58(5,6)7)32-44(51)61(54)45-33-39(59(8,9)10)31-43-55(45)63(50)47-25-22-37(57(2,3)4)30-42(47)60(43,11)12/h14-33H,1-13H3/q+1. The van der Waals surface area contributed by atoms with Crippen LogP contribution in [0.5, 0.6) is 11.5 Å². The Balaban J connectivity index is 1.18. The number of imidazole rings is 1. The Morgan fingerprint density at radius 3 is 2.00 bits per heavy atom. The van der Waals surface area contributed by atoms with Crippen molar-refractivity contribution in [2.24, 2.45) is 7.05 Å². The number of nitrogens with zero attached hydrogens (tertiary/aromatic N) is 3. The Morgan fingerprint density at radius 2 is 1.25 bits per heavy atom. The van der Waals surface area contributed by atoms with Crippen LogP contribution >= 0.6 is 0 Å². The summed E-state index contributed by atoms with van der Waals surface area (Å²) in [6.07, 6.45) is 0. The predicted molar refractivity (Wildman–Crippen MR) is 275 cm³/mol. The molecule has 3 aliphatic rings. The van der Waals surface area contributed by atoms with Gasteiger partial charge in [0.2, 0.25) is 0 Å². The number of fused-ring (bicyclic) bond motifs is 14. The number of ether oxygens (including phenoxy) is 1. The van der Waals surface area contributed by atoms with Crippen LogP contribution in [0.4, 0.5) is 17.1 Å². The van der Waals surface area contributed by atoms with Crippen LogP contribution in [0.1, 0.15) is 110 Å². The Morgan fingerprint density at radius 1 is 0.569 bits per heavy atom. The lowest BCUT2D eigenvalue weighted by Gasteiger charge is -2.49. The van der Waals surface area contributed by atoms with E-state index < -0.39 is 0 Å². The maximum absolute atomic E-state index is 7.25. The van der Waals surface area contributed by atoms with Crippen LogP contribution < -0.4 is 30.6 Å². The predicted octanol–water partition coefficient (Wildman–Crippen LogP) is 13.1. The molecule has 0 spiro atoms. The number of anilines is 3. The molecule has 0 N–H and O–H groups in total. The first-order valence-corrected chi connectivity index (χ1v) is 23.6. The number of hydrogen-bond donors (Lipinski definition) is 0. The molecule has 0 saturated carbocycles. The van der Waals surface area contributed by atoms with Crippen LogP contribution in [0, 0.1) is 6.92 Å². The number of aryl methyl sites for hydroxylation is 2. The molecule has 7 aromatic carbocycles. The summed E-state index contributed by atoms with van der Waals surface area (Å²) in [5.41, 5.74) is 22.5. The van der Waals surface area contributed by atoms with E-state index in [0.717, 1.165) is 22.6 Å². The third kappa shape index (κ3) is 5.54. The van der Waals surface area contributed by atoms with Gasteiger partial charge in [0.1, 0.15) is 17.0 Å². The van der Waals surface area contributed by atoms with Gasteiger partial charge in [0.15, 0.2) is 11.0 Å². The Hall–Kier alpha value is -6.33. The number of rotatable bonds is 1. The summed E-state index contributed by atoms with van der Waals surface area (Å²) in [6, 6.07) is 46.8. The quantitative estimate of drug-likeness (QED) is 0.0932. The third-order valence-corrected chi connectivity index (χ3v) is 15.4. The van der Waals surface area contributed by atoms with Crippen molar-refractivity contribution < 1.29 is 9.30 Å². The lowest BCUT2D eigenvalue weighted by Crippen LogP contribution is -2.61. The van der Waals surface area contributed by atoms with E-state index in [1.165, 1.54) is 105 Å². The first-order chi connectivity index (χ1) is 30.7. The average molecular weight is 849 g/mol. The largest absolute Gasteiger partial charge is 0.458 e. The average Bonchev–Trinajstić information content (AvgIpc) is 3.55. The van der Waals surface area contributed by atoms with E-state index in [9.17, 15) is 0 Å². The molecule has 4 nitrogen and oxygen atoms in total. The molecule has 322 valence electrons. The highest BCUT2D eigenvalue weighted by atomic mass is 16.5. The molecule has 0 atom stereocenters. The third-order valence-electron chi connectivity index (χ3n) is 15.4. The molecule has 0 amide bonds. The van der Waals surface area contributed by atoms with Crippen LogP contribution in [0.2, 0.25) is 0 Å². The molecular formula is C60H59BN3O+. The molecule has 12 rings (SSSR count). The monoisotopic (exact) mass is 848 g/mol. The maximum atomic E-state index is 7.25. The number of aromatic nitrogens is 2. The molecular weight excluding hydrogens is 789 g/mol. The van der Waals surface area contributed by atoms with Gasteiger partial charge in [0.25, 0.3) is 12.4 Å². The number of para-hydroxylation sites is 1. The van der Waals surface area contributed by atoms with Gasteiger partial charge in [0.05, 0.1) is 18.1 Å². The highest BCUT2D eigenvalue weighted by Crippen LogP contribution is 2.55. The fraction of sp³-hybridized carbons (Fsp3) is 0.283. The van der Waals surface area contributed by atoms with Crippen LogP contribution in [-0.2, 0) is 28.7 Å². The fourth-order valence-corrected chi connectivity index (χ4v) is 11.7. The second kappa shape index (κ2) is 12.9. The number of hydrogen-bond acceptors (Lipinski definition) is 2. The van der Waals surface area contributed by atoms with Crippen LogP contribution in [-0.4, -0.2) is 11.1 Å². The van der Waals surface area contributed by atoms with E-state index >= 15 is 0 Å². The van der Waals surface area contributed by atoms with Crippen molar-refractivity contribution in [3.63, 3.8) is 0 Å². The smallest absolute Gasteiger partial charge is 0.295 e. The molecule has 0 fully saturated rings. The van der Waals surface area contributed by atoms with Crippen molar-refractivity contribution in [2.75, 3.05) is 4.90 Å². The summed E-state index contributed by atoms with van der Waals surface area (Å²) in [5, 5.41) is 3.84. The van der Waals surface area contributed by atoms with Crippen LogP contribution in [0.3, 0.4) is 0 Å². The van der Waals surface area contributed by atoms with E-state index in [2.05, 4.69) is 225 Å². The first-order valence-electron chi connectivity index (χ1n) is 23.6. The van der Waals surface area contributed by atoms with Crippen molar-refractivity contribution in [3.8, 4) is 22.6 Å². The summed E-state index contributed by atoms with van der Waals surface area (Å²) in [4.78, 5) is 2.62. The normalized spacial score (nSPS) is 15.0. The van der Waals surface area contributed by atoms with Crippen molar-refractivity contribution in [1.29, 1.82) is 0 Å². The molecule has 2 aromatic heterocycles. The lowest BCUT2D eigenvalue weighted by atomic mass is 9.33. The molecule has 0 radical (unpaired) electrons. The van der Waals surface area contributed by atoms with Gasteiger partial charge in [-0.25, -0.2) is 4.57 Å². The summed E-state index contributed by atoms with van der Waals surface area (Å²) >= 11 is 0. The van der Waals surface area contributed by atoms with E-state index in [4.69, 9.17) is 4.74 Å². The highest BCUT2D eigenvalue weighted by Gasteiger charge is 2.49. The molecule has 5 heteroatoms. The van der Waals surface area contributed by atoms with Crippen molar-refractivity contribution in [1.82, 2.24) is 4.40 Å². The Bertz CT molecular complexity index is 3590. The summed E-state index contributed by atoms with van der Waals surface area (Å²) in [7, 11) is 2.22. The molecule has 0 unspecified atom stereocenters. The van der Waals surface area contributed by atoms with E-state index in [1.807, 2.05) is 0 Å². The molecule has 9 aromatic rings. The minimum absolute atomic E-state index is 0.00224. The van der Waals surface area contributed by atoms with Crippen LogP contribution in [0.25, 0.3) is 49.5 Å². The van der Waals surface area contributed by atoms with Crippen molar-refractivity contribution in [3.05, 3.63) is 155 Å². The second-order valence-electron chi connectivity index (χ2n) is 23.0. The minimum Gasteiger partial charge on any atom is -0.458 e. The Labute approximate surface area is 384 Å². The van der Waals surface area contributed by atoms with Crippen LogP contribution in [0.15, 0.2) is 121 Å². The van der Waals surface area contributed by atoms with Gasteiger partial charge >= 0.3 is 0 Å². The van der Waals surface area contributed by atoms with Gasteiger partial charge < -0.3 is 9.64 Å². The number of pyridine rings is 1. The van der Waals surface area contributed by atoms with Gasteiger partial charge in [-0.15, -0.1) is 0 Å². The molecule has 0 aliphatic carbocycles. The van der Waals surface area contributed by atoms with Crippen molar-refractivity contribution in [2.45, 2.75) is 105 Å². The molecule has 3 aliphatic heterocycles. The van der Waals surface area contributed by atoms with Gasteiger partial charge in [-0.1, -0.05) is 149 Å². The van der Waals surface area contributed by atoms with E-state index in [1.54, 1.807) is 0 Å². The van der Waals surface area contributed by atoms with Gasteiger partial charge in [-0.05, 0) is 133 Å². The SMILES string of the molecule is Cc1cccc2c3ccccc3n3c4cc(-c5cc6c7c(c5)N5c8ccc(C(C)(C)C)cc8C(C)(C)c8cc(C(C)(C)C)cc(c85)B7c5cc(C(C)(C)C)ccc5O6)ccc4[n+](C)c3c12. The van der Waals surface area contributed by atoms with Gasteiger partial charge in [0, 0.05) is 27.6 Å². The zero-order valence-corrected chi connectivity index (χ0v) is 40.4. The number of benzene rings is 7. The summed E-state index contributed by atoms with van der Waals surface area (Å²) in [5.74, 6) is 1.88. The molecule has 0 bridgehead atoms. The molecule has 0 saturated heterocycles. The fourth-order valence-electron chi connectivity index (χ4n) is 11.7. The summed E-state index contributed by atoms with van der Waals surface area (Å²) < 4.78 is 12.1. The lowest BCUT2D eigenvalue weighted by molar-refractivity contribution is -0.617. The van der Waals surface area contributed by atoms with Gasteiger partial charge in [-0.2, -0.15) is 4.40 Å². The van der Waals surface area contributed by atoms with Crippen molar-refractivity contribution >= 4 is 78.5 Å². The van der Waals surface area contributed by atoms with E-state index in [0.29, 0.717) is 0 Å². The Kier molecular flexibility index (Phi) is 8.00. The zero-order chi connectivity index (χ0) is 45.4. The highest BCUT2D eigenvalue weighted by molar-refractivity contribution is 6.99. The first kappa shape index (κ1) is 40.2. The van der Waals surface area contributed by atoms with Gasteiger partial charge in [-0.3, -0.25) is 0 Å². The maximum Gasteiger partial charge on any atom is 0.295 e.